The van der Waals surface area contributed by atoms with Crippen molar-refractivity contribution in [3.8, 4) is 0 Å². The summed E-state index contributed by atoms with van der Waals surface area (Å²) >= 11 is 1.15. The zero-order valence-electron chi connectivity index (χ0n) is 23.3. The molecule has 13 heteroatoms. The molecule has 2 aliphatic heterocycles. The maximum absolute atomic E-state index is 14.2. The number of esters is 1. The third-order valence-corrected chi connectivity index (χ3v) is 11.0. The van der Waals surface area contributed by atoms with Crippen LogP contribution in [-0.2, 0) is 28.9 Å². The summed E-state index contributed by atoms with van der Waals surface area (Å²) in [7, 11) is -4.36. The Balaban J connectivity index is 1.37. The highest BCUT2D eigenvalue weighted by molar-refractivity contribution is 7.94. The molecule has 4 aromatic rings. The Bertz CT molecular complexity index is 1780. The lowest BCUT2D eigenvalue weighted by molar-refractivity contribution is -0.161. The van der Waals surface area contributed by atoms with E-state index in [1.807, 2.05) is 12.1 Å². The van der Waals surface area contributed by atoms with Crippen LogP contribution in [-0.4, -0.2) is 64.0 Å². The first-order valence-electron chi connectivity index (χ1n) is 13.5. The lowest BCUT2D eigenvalue weighted by Gasteiger charge is -2.39. The minimum absolute atomic E-state index is 0.0415. The smallest absolute Gasteiger partial charge is 0.413 e. The number of hydrogen-bond acceptors (Lipinski definition) is 10. The van der Waals surface area contributed by atoms with E-state index in [9.17, 15) is 22.8 Å². The van der Waals surface area contributed by atoms with Gasteiger partial charge < -0.3 is 14.4 Å². The first-order valence-corrected chi connectivity index (χ1v) is 16.0. The van der Waals surface area contributed by atoms with Crippen LogP contribution in [0.5, 0.6) is 0 Å². The second-order valence-corrected chi connectivity index (χ2v) is 13.7. The molecular weight excluding hydrogens is 604 g/mol. The molecular formula is C31H26N4O7S2. The standard InChI is InChI=1S/C31H26N4O7S2/c1-31(19-41-30(38)34-29-33-16-17-43-29)25(28(37)42-24(20-10-4-2-5-11-20)21-12-6-3-7-13-21)35-26(36)23(27(35)44(31,39)40)18-22-14-8-9-15-32-22/h2-18,24-25,27H,19H2,1H3,(H,33,34,38)/t25-,27+,31-/m0/s1. The predicted molar refractivity (Wildman–Crippen MR) is 162 cm³/mol. The van der Waals surface area contributed by atoms with Gasteiger partial charge in [0.1, 0.15) is 11.4 Å². The number of amides is 2. The molecule has 224 valence electrons. The number of rotatable bonds is 8. The van der Waals surface area contributed by atoms with E-state index in [2.05, 4.69) is 15.3 Å². The largest absolute Gasteiger partial charge is 0.451 e. The molecule has 3 atom stereocenters. The predicted octanol–water partition coefficient (Wildman–Crippen LogP) is 4.23. The van der Waals surface area contributed by atoms with Crippen LogP contribution in [0, 0.1) is 0 Å². The van der Waals surface area contributed by atoms with E-state index in [0.717, 1.165) is 16.2 Å². The molecule has 2 fully saturated rings. The second-order valence-electron chi connectivity index (χ2n) is 10.4. The van der Waals surface area contributed by atoms with Gasteiger partial charge >= 0.3 is 12.1 Å². The van der Waals surface area contributed by atoms with Gasteiger partial charge in [0.2, 0.25) is 0 Å². The molecule has 2 aromatic heterocycles. The molecule has 11 nitrogen and oxygen atoms in total. The van der Waals surface area contributed by atoms with Crippen molar-refractivity contribution in [3.63, 3.8) is 0 Å². The number of pyridine rings is 1. The molecule has 4 heterocycles. The first kappa shape index (κ1) is 29.2. The molecule has 0 unspecified atom stereocenters. The van der Waals surface area contributed by atoms with E-state index in [4.69, 9.17) is 9.47 Å². The number of hydrogen-bond donors (Lipinski definition) is 1. The van der Waals surface area contributed by atoms with Crippen molar-refractivity contribution in [2.45, 2.75) is 29.2 Å². The highest BCUT2D eigenvalue weighted by Gasteiger charge is 2.73. The van der Waals surface area contributed by atoms with Gasteiger partial charge in [0.05, 0.1) is 11.3 Å². The minimum atomic E-state index is -4.36. The summed E-state index contributed by atoms with van der Waals surface area (Å²) in [5.41, 5.74) is 1.64. The highest BCUT2D eigenvalue weighted by Crippen LogP contribution is 2.50. The van der Waals surface area contributed by atoms with Gasteiger partial charge in [-0.3, -0.25) is 15.1 Å². The van der Waals surface area contributed by atoms with Gasteiger partial charge in [0.25, 0.3) is 5.91 Å². The van der Waals surface area contributed by atoms with Gasteiger partial charge in [-0.25, -0.2) is 23.0 Å². The van der Waals surface area contributed by atoms with Crippen LogP contribution in [0.4, 0.5) is 9.93 Å². The molecule has 6 rings (SSSR count). The van der Waals surface area contributed by atoms with Crippen LogP contribution in [0.2, 0.25) is 0 Å². The number of carbonyl (C=O) groups is 3. The van der Waals surface area contributed by atoms with E-state index in [-0.39, 0.29) is 10.7 Å². The summed E-state index contributed by atoms with van der Waals surface area (Å²) in [5.74, 6) is -1.61. The first-order chi connectivity index (χ1) is 21.2. The summed E-state index contributed by atoms with van der Waals surface area (Å²) in [4.78, 5) is 49.4. The van der Waals surface area contributed by atoms with Gasteiger partial charge in [-0.15, -0.1) is 11.3 Å². The molecule has 0 spiro atoms. The van der Waals surface area contributed by atoms with E-state index in [1.165, 1.54) is 25.4 Å². The Morgan fingerprint density at radius 2 is 1.66 bits per heavy atom. The molecule has 0 radical (unpaired) electrons. The molecule has 44 heavy (non-hydrogen) atoms. The summed E-state index contributed by atoms with van der Waals surface area (Å²) in [5, 5.41) is 2.87. The number of anilines is 1. The van der Waals surface area contributed by atoms with Gasteiger partial charge in [-0.2, -0.15) is 0 Å². The summed E-state index contributed by atoms with van der Waals surface area (Å²) in [6, 6.07) is 21.4. The van der Waals surface area contributed by atoms with Crippen LogP contribution < -0.4 is 5.32 Å². The Morgan fingerprint density at radius 3 is 2.25 bits per heavy atom. The van der Waals surface area contributed by atoms with Gasteiger partial charge in [-0.1, -0.05) is 66.7 Å². The number of benzene rings is 2. The number of nitrogens with zero attached hydrogens (tertiary/aromatic N) is 3. The van der Waals surface area contributed by atoms with Crippen molar-refractivity contribution in [1.29, 1.82) is 0 Å². The van der Waals surface area contributed by atoms with Crippen molar-refractivity contribution < 1.29 is 32.3 Å². The average Bonchev–Trinajstić information content (AvgIpc) is 3.60. The molecule has 0 saturated carbocycles. The zero-order valence-corrected chi connectivity index (χ0v) is 24.9. The van der Waals surface area contributed by atoms with Crippen molar-refractivity contribution in [1.82, 2.24) is 14.9 Å². The zero-order chi connectivity index (χ0) is 30.9. The molecule has 0 aliphatic carbocycles. The molecule has 2 amide bonds. The number of carbonyl (C=O) groups excluding carboxylic acids is 3. The van der Waals surface area contributed by atoms with E-state index in [0.29, 0.717) is 16.8 Å². The minimum Gasteiger partial charge on any atom is -0.451 e. The van der Waals surface area contributed by atoms with Gasteiger partial charge in [0.15, 0.2) is 32.5 Å². The van der Waals surface area contributed by atoms with Crippen LogP contribution in [0.25, 0.3) is 6.08 Å². The van der Waals surface area contributed by atoms with Crippen molar-refractivity contribution in [2.75, 3.05) is 11.9 Å². The number of aromatic nitrogens is 2. The Hall–Kier alpha value is -4.88. The fraction of sp³-hybridized carbons (Fsp3) is 0.194. The number of nitrogens with one attached hydrogen (secondary N) is 1. The topological polar surface area (TPSA) is 145 Å². The monoisotopic (exact) mass is 630 g/mol. The second kappa shape index (κ2) is 11.7. The number of fused-ring (bicyclic) bond motifs is 1. The molecule has 2 aromatic carbocycles. The number of ether oxygens (including phenoxy) is 2. The summed E-state index contributed by atoms with van der Waals surface area (Å²) < 4.78 is 37.8. The number of β-lactam (4-membered cyclic amide) rings is 1. The number of sulfone groups is 1. The third-order valence-electron chi connectivity index (χ3n) is 7.58. The van der Waals surface area contributed by atoms with Crippen LogP contribution in [0.1, 0.15) is 29.8 Å². The van der Waals surface area contributed by atoms with E-state index < -0.39 is 56.7 Å². The fourth-order valence-electron chi connectivity index (χ4n) is 5.38. The Kier molecular flexibility index (Phi) is 7.74. The SMILES string of the molecule is C[C@]1(COC(=O)Nc2nccs2)[C@H](C(=O)OC(c2ccccc2)c2ccccc2)N2C(=O)C(=Cc3ccccn3)[C@H]2S1(=O)=O. The molecule has 0 bridgehead atoms. The van der Waals surface area contributed by atoms with Crippen LogP contribution >= 0.6 is 11.3 Å². The van der Waals surface area contributed by atoms with E-state index in [1.54, 1.807) is 72.1 Å². The quantitative estimate of drug-likeness (QED) is 0.172. The summed E-state index contributed by atoms with van der Waals surface area (Å²) in [6.07, 6.45) is 2.53. The molecule has 2 aliphatic rings. The van der Waals surface area contributed by atoms with Crippen molar-refractivity contribution in [2.24, 2.45) is 0 Å². The average molecular weight is 631 g/mol. The van der Waals surface area contributed by atoms with Crippen molar-refractivity contribution >= 4 is 50.4 Å². The third kappa shape index (κ3) is 5.13. The number of thiazole rings is 1. The van der Waals surface area contributed by atoms with Gasteiger partial charge in [0, 0.05) is 17.8 Å². The van der Waals surface area contributed by atoms with Crippen LogP contribution in [0.3, 0.4) is 0 Å². The lowest BCUT2D eigenvalue weighted by atomic mass is 9.94. The Morgan fingerprint density at radius 1 is 1.00 bits per heavy atom. The lowest BCUT2D eigenvalue weighted by Crippen LogP contribution is -2.60. The highest BCUT2D eigenvalue weighted by atomic mass is 32.2. The maximum Gasteiger partial charge on any atom is 0.413 e. The summed E-state index contributed by atoms with van der Waals surface area (Å²) in [6.45, 7) is 0.555. The molecule has 1 N–H and O–H groups in total. The normalized spacial score (nSPS) is 22.7. The Labute approximate surface area is 257 Å². The van der Waals surface area contributed by atoms with Gasteiger partial charge in [-0.05, 0) is 36.3 Å². The maximum atomic E-state index is 14.2. The van der Waals surface area contributed by atoms with Crippen LogP contribution in [0.15, 0.2) is 102 Å². The van der Waals surface area contributed by atoms with Crippen molar-refractivity contribution in [3.05, 3.63) is 119 Å². The van der Waals surface area contributed by atoms with E-state index >= 15 is 0 Å². The molecule has 2 saturated heterocycles. The fourth-order valence-corrected chi connectivity index (χ4v) is 8.17.